The number of hydrogen-bond acceptors (Lipinski definition) is 3. The smallest absolute Gasteiger partial charge is 0.271 e. The highest BCUT2D eigenvalue weighted by Crippen LogP contribution is 2.18. The van der Waals surface area contributed by atoms with Gasteiger partial charge in [0.1, 0.15) is 5.69 Å². The molecule has 0 spiro atoms. The Morgan fingerprint density at radius 2 is 2.26 bits per heavy atom. The van der Waals surface area contributed by atoms with Crippen molar-refractivity contribution in [1.29, 1.82) is 0 Å². The van der Waals surface area contributed by atoms with Crippen molar-refractivity contribution in [3.63, 3.8) is 0 Å². The number of amides is 1. The van der Waals surface area contributed by atoms with Gasteiger partial charge >= 0.3 is 0 Å². The van der Waals surface area contributed by atoms with E-state index in [0.29, 0.717) is 17.7 Å². The van der Waals surface area contributed by atoms with Crippen molar-refractivity contribution in [1.82, 2.24) is 10.3 Å². The first-order chi connectivity index (χ1) is 9.31. The third-order valence-electron chi connectivity index (χ3n) is 3.17. The maximum Gasteiger partial charge on any atom is 0.271 e. The summed E-state index contributed by atoms with van der Waals surface area (Å²) in [5.74, 6) is 5.55. The first-order valence-corrected chi connectivity index (χ1v) is 6.67. The molecule has 0 saturated heterocycles. The minimum Gasteiger partial charge on any atom is -0.395 e. The van der Waals surface area contributed by atoms with Crippen molar-refractivity contribution in [2.24, 2.45) is 0 Å². The van der Waals surface area contributed by atoms with Gasteiger partial charge in [0.2, 0.25) is 0 Å². The first kappa shape index (κ1) is 13.6. The number of nitrogens with zero attached hydrogens (tertiary/aromatic N) is 1. The maximum atomic E-state index is 12.2. The van der Waals surface area contributed by atoms with Gasteiger partial charge in [0, 0.05) is 18.7 Å². The van der Waals surface area contributed by atoms with E-state index < -0.39 is 0 Å². The molecule has 19 heavy (non-hydrogen) atoms. The summed E-state index contributed by atoms with van der Waals surface area (Å²) in [7, 11) is 0. The SMILES string of the molecule is O=C(NC1CCCC1)c1ncccc1C#CCCO. The van der Waals surface area contributed by atoms with Gasteiger partial charge in [0.05, 0.1) is 12.2 Å². The van der Waals surface area contributed by atoms with E-state index in [2.05, 4.69) is 22.1 Å². The second-order valence-corrected chi connectivity index (χ2v) is 4.63. The molecule has 1 aliphatic rings. The standard InChI is InChI=1S/C15H18N2O2/c18-11-4-3-6-12-7-5-10-16-14(12)15(19)17-13-8-1-2-9-13/h5,7,10,13,18H,1-2,4,8-9,11H2,(H,17,19). The van der Waals surface area contributed by atoms with Crippen molar-refractivity contribution in [2.45, 2.75) is 38.1 Å². The molecule has 0 aromatic carbocycles. The number of pyridine rings is 1. The average Bonchev–Trinajstić information content (AvgIpc) is 2.92. The Hall–Kier alpha value is -1.86. The molecule has 1 fully saturated rings. The quantitative estimate of drug-likeness (QED) is 0.807. The number of carbonyl (C=O) groups excluding carboxylic acids is 1. The van der Waals surface area contributed by atoms with Gasteiger partial charge < -0.3 is 10.4 Å². The number of nitrogens with one attached hydrogen (secondary N) is 1. The Kier molecular flexibility index (Phi) is 4.93. The van der Waals surface area contributed by atoms with Gasteiger partial charge in [-0.2, -0.15) is 0 Å². The van der Waals surface area contributed by atoms with Crippen LogP contribution in [0.3, 0.4) is 0 Å². The summed E-state index contributed by atoms with van der Waals surface area (Å²) in [6.45, 7) is 0.0247. The molecular weight excluding hydrogens is 240 g/mol. The fraction of sp³-hybridized carbons (Fsp3) is 0.467. The van der Waals surface area contributed by atoms with E-state index >= 15 is 0 Å². The lowest BCUT2D eigenvalue weighted by Crippen LogP contribution is -2.33. The highest BCUT2D eigenvalue weighted by molar-refractivity contribution is 5.94. The van der Waals surface area contributed by atoms with E-state index in [9.17, 15) is 4.79 Å². The summed E-state index contributed by atoms with van der Waals surface area (Å²) >= 11 is 0. The molecule has 100 valence electrons. The highest BCUT2D eigenvalue weighted by Gasteiger charge is 2.19. The minimum atomic E-state index is -0.152. The zero-order valence-electron chi connectivity index (χ0n) is 10.9. The van der Waals surface area contributed by atoms with Crippen molar-refractivity contribution < 1.29 is 9.90 Å². The van der Waals surface area contributed by atoms with E-state index in [4.69, 9.17) is 5.11 Å². The van der Waals surface area contributed by atoms with Gasteiger partial charge in [-0.25, -0.2) is 4.98 Å². The molecule has 0 radical (unpaired) electrons. The maximum absolute atomic E-state index is 12.2. The van der Waals surface area contributed by atoms with Gasteiger partial charge in [-0.15, -0.1) is 0 Å². The lowest BCUT2D eigenvalue weighted by molar-refractivity contribution is 0.0932. The predicted octanol–water partition coefficient (Wildman–Crippen LogP) is 1.49. The molecule has 2 N–H and O–H groups in total. The van der Waals surface area contributed by atoms with Crippen LogP contribution < -0.4 is 5.32 Å². The Bertz CT molecular complexity index is 496. The van der Waals surface area contributed by atoms with Crippen LogP contribution in [0.1, 0.15) is 48.2 Å². The van der Waals surface area contributed by atoms with Crippen LogP contribution in [0.4, 0.5) is 0 Å². The average molecular weight is 258 g/mol. The van der Waals surface area contributed by atoms with Crippen LogP contribution in [0.2, 0.25) is 0 Å². The van der Waals surface area contributed by atoms with Crippen molar-refractivity contribution >= 4 is 5.91 Å². The summed E-state index contributed by atoms with van der Waals surface area (Å²) in [5.41, 5.74) is 0.992. The van der Waals surface area contributed by atoms with Crippen LogP contribution in [0.15, 0.2) is 18.3 Å². The van der Waals surface area contributed by atoms with Gasteiger partial charge in [0.25, 0.3) is 5.91 Å². The van der Waals surface area contributed by atoms with Gasteiger partial charge in [-0.05, 0) is 25.0 Å². The number of aromatic nitrogens is 1. The molecule has 1 heterocycles. The molecule has 4 heteroatoms. The van der Waals surface area contributed by atoms with Crippen LogP contribution in [-0.2, 0) is 0 Å². The number of carbonyl (C=O) groups is 1. The van der Waals surface area contributed by atoms with E-state index in [0.717, 1.165) is 12.8 Å². The van der Waals surface area contributed by atoms with Crippen LogP contribution in [0.5, 0.6) is 0 Å². The summed E-state index contributed by atoms with van der Waals surface area (Å²) in [6.07, 6.45) is 6.44. The molecule has 2 rings (SSSR count). The summed E-state index contributed by atoms with van der Waals surface area (Å²) < 4.78 is 0. The third kappa shape index (κ3) is 3.80. The number of aliphatic hydroxyl groups is 1. The monoisotopic (exact) mass is 258 g/mol. The Morgan fingerprint density at radius 1 is 1.47 bits per heavy atom. The molecule has 1 aliphatic carbocycles. The number of hydrogen-bond donors (Lipinski definition) is 2. The fourth-order valence-corrected chi connectivity index (χ4v) is 2.22. The minimum absolute atomic E-state index is 0.0247. The third-order valence-corrected chi connectivity index (χ3v) is 3.17. The summed E-state index contributed by atoms with van der Waals surface area (Å²) in [5, 5.41) is 11.7. The van der Waals surface area contributed by atoms with Gasteiger partial charge in [-0.3, -0.25) is 4.79 Å². The normalized spacial score (nSPS) is 14.8. The van der Waals surface area contributed by atoms with Crippen LogP contribution in [0.25, 0.3) is 0 Å². The van der Waals surface area contributed by atoms with E-state index in [-0.39, 0.29) is 18.6 Å². The zero-order valence-corrected chi connectivity index (χ0v) is 10.9. The zero-order chi connectivity index (χ0) is 13.5. The molecule has 1 saturated carbocycles. The molecule has 4 nitrogen and oxygen atoms in total. The lowest BCUT2D eigenvalue weighted by atomic mass is 10.1. The molecule has 0 bridgehead atoms. The number of aliphatic hydroxyl groups excluding tert-OH is 1. The first-order valence-electron chi connectivity index (χ1n) is 6.67. The van der Waals surface area contributed by atoms with E-state index in [1.165, 1.54) is 12.8 Å². The van der Waals surface area contributed by atoms with Gasteiger partial charge in [0.15, 0.2) is 0 Å². The summed E-state index contributed by atoms with van der Waals surface area (Å²) in [4.78, 5) is 16.3. The topological polar surface area (TPSA) is 62.2 Å². The Morgan fingerprint density at radius 3 is 3.00 bits per heavy atom. The molecule has 0 atom stereocenters. The van der Waals surface area contributed by atoms with Crippen LogP contribution in [-0.4, -0.2) is 28.6 Å². The fourth-order valence-electron chi connectivity index (χ4n) is 2.22. The molecule has 1 aromatic heterocycles. The van der Waals surface area contributed by atoms with Crippen molar-refractivity contribution in [2.75, 3.05) is 6.61 Å². The molecule has 1 amide bonds. The largest absolute Gasteiger partial charge is 0.395 e. The molecule has 0 aliphatic heterocycles. The van der Waals surface area contributed by atoms with Crippen LogP contribution in [0, 0.1) is 11.8 Å². The highest BCUT2D eigenvalue weighted by atomic mass is 16.2. The number of rotatable bonds is 3. The molecule has 0 unspecified atom stereocenters. The van der Waals surface area contributed by atoms with Crippen molar-refractivity contribution in [3.8, 4) is 11.8 Å². The Labute approximate surface area is 113 Å². The molecular formula is C15H18N2O2. The Balaban J connectivity index is 2.10. The molecule has 1 aromatic rings. The van der Waals surface area contributed by atoms with Crippen LogP contribution >= 0.6 is 0 Å². The second-order valence-electron chi connectivity index (χ2n) is 4.63. The lowest BCUT2D eigenvalue weighted by Gasteiger charge is -2.11. The summed E-state index contributed by atoms with van der Waals surface area (Å²) in [6, 6.07) is 3.81. The van der Waals surface area contributed by atoms with E-state index in [1.807, 2.05) is 0 Å². The van der Waals surface area contributed by atoms with Gasteiger partial charge in [-0.1, -0.05) is 24.7 Å². The van der Waals surface area contributed by atoms with Crippen molar-refractivity contribution in [3.05, 3.63) is 29.6 Å². The predicted molar refractivity (Wildman–Crippen MR) is 72.5 cm³/mol. The second kappa shape index (κ2) is 6.91. The van der Waals surface area contributed by atoms with E-state index in [1.54, 1.807) is 18.3 Å².